The molecule has 0 amide bonds. The molecule has 0 aliphatic heterocycles. The number of hydrogen-bond acceptors (Lipinski definition) is 1. The second-order valence-corrected chi connectivity index (χ2v) is 5.62. The van der Waals surface area contributed by atoms with Crippen molar-refractivity contribution in [1.29, 1.82) is 0 Å². The van der Waals surface area contributed by atoms with Gasteiger partial charge in [0.05, 0.1) is 0 Å². The average Bonchev–Trinajstić information content (AvgIpc) is 2.53. The number of rotatable bonds is 3. The van der Waals surface area contributed by atoms with Gasteiger partial charge < -0.3 is 5.32 Å². The molecule has 3 rings (SSSR count). The summed E-state index contributed by atoms with van der Waals surface area (Å²) in [5.74, 6) is 0. The van der Waals surface area contributed by atoms with Crippen LogP contribution in [0.1, 0.15) is 11.1 Å². The largest absolute Gasteiger partial charge is 0.372 e. The summed E-state index contributed by atoms with van der Waals surface area (Å²) in [6.45, 7) is 0.627. The molecule has 0 bridgehead atoms. The minimum atomic E-state index is 0.627. The maximum absolute atomic E-state index is 6.17. The zero-order valence-electron chi connectivity index (χ0n) is 11.3. The highest BCUT2D eigenvalue weighted by molar-refractivity contribution is 7.80. The Labute approximate surface area is 134 Å². The van der Waals surface area contributed by atoms with Gasteiger partial charge in [-0.25, -0.2) is 0 Å². The van der Waals surface area contributed by atoms with Gasteiger partial charge in [-0.2, -0.15) is 0 Å². The maximum atomic E-state index is 6.17. The minimum Gasteiger partial charge on any atom is -0.372 e. The van der Waals surface area contributed by atoms with Gasteiger partial charge in [-0.1, -0.05) is 84.5 Å². The fraction of sp³-hybridized carbons (Fsp3) is 0.0556. The molecule has 0 spiro atoms. The molecule has 0 heterocycles. The Morgan fingerprint density at radius 1 is 0.905 bits per heavy atom. The normalized spacial score (nSPS) is 10.5. The number of fused-ring (bicyclic) bond motifs is 1. The van der Waals surface area contributed by atoms with E-state index in [2.05, 4.69) is 23.5 Å². The van der Waals surface area contributed by atoms with Crippen molar-refractivity contribution in [1.82, 2.24) is 5.32 Å². The molecule has 0 fully saturated rings. The third-order valence-electron chi connectivity index (χ3n) is 3.43. The van der Waals surface area contributed by atoms with Crippen molar-refractivity contribution >= 4 is 39.6 Å². The highest BCUT2D eigenvalue weighted by Crippen LogP contribution is 2.19. The molecule has 0 saturated carbocycles. The SMILES string of the molecule is S=C(NCc1ccccc1Cl)c1cccc2ccccc12. The molecule has 3 heteroatoms. The zero-order valence-corrected chi connectivity index (χ0v) is 12.9. The van der Waals surface area contributed by atoms with Crippen LogP contribution in [0.2, 0.25) is 5.02 Å². The Balaban J connectivity index is 1.83. The smallest absolute Gasteiger partial charge is 0.107 e. The van der Waals surface area contributed by atoms with Gasteiger partial charge in [-0.15, -0.1) is 0 Å². The maximum Gasteiger partial charge on any atom is 0.107 e. The van der Waals surface area contributed by atoms with E-state index in [-0.39, 0.29) is 0 Å². The Hall–Kier alpha value is -1.90. The molecule has 1 nitrogen and oxygen atoms in total. The Morgan fingerprint density at radius 3 is 2.48 bits per heavy atom. The molecule has 3 aromatic rings. The van der Waals surface area contributed by atoms with Gasteiger partial charge in [-0.3, -0.25) is 0 Å². The van der Waals surface area contributed by atoms with E-state index in [1.165, 1.54) is 5.39 Å². The molecule has 0 atom stereocenters. The van der Waals surface area contributed by atoms with E-state index in [1.807, 2.05) is 48.5 Å². The van der Waals surface area contributed by atoms with Crippen molar-refractivity contribution in [2.75, 3.05) is 0 Å². The first-order valence-corrected chi connectivity index (χ1v) is 7.54. The van der Waals surface area contributed by atoms with Crippen LogP contribution in [-0.4, -0.2) is 4.99 Å². The predicted octanol–water partition coefficient (Wildman–Crippen LogP) is 4.96. The molecule has 0 unspecified atom stereocenters. The first kappa shape index (κ1) is 14.1. The van der Waals surface area contributed by atoms with E-state index < -0.39 is 0 Å². The molecule has 0 aliphatic carbocycles. The summed E-state index contributed by atoms with van der Waals surface area (Å²) < 4.78 is 0. The molecular formula is C18H14ClNS. The van der Waals surface area contributed by atoms with Crippen LogP contribution in [0.3, 0.4) is 0 Å². The van der Waals surface area contributed by atoms with E-state index in [9.17, 15) is 0 Å². The molecule has 0 saturated heterocycles. The van der Waals surface area contributed by atoms with E-state index in [1.54, 1.807) is 0 Å². The molecule has 0 aliphatic rings. The predicted molar refractivity (Wildman–Crippen MR) is 93.9 cm³/mol. The summed E-state index contributed by atoms with van der Waals surface area (Å²) in [4.78, 5) is 0.742. The van der Waals surface area contributed by atoms with E-state index >= 15 is 0 Å². The van der Waals surface area contributed by atoms with Crippen molar-refractivity contribution < 1.29 is 0 Å². The lowest BCUT2D eigenvalue weighted by Gasteiger charge is -2.11. The number of thiocarbonyl (C=S) groups is 1. The van der Waals surface area contributed by atoms with Gasteiger partial charge in [0.2, 0.25) is 0 Å². The standard InChI is InChI=1S/C18H14ClNS/c19-17-11-4-2-7-14(17)12-20-18(21)16-10-5-8-13-6-1-3-9-15(13)16/h1-11H,12H2,(H,20,21). The van der Waals surface area contributed by atoms with Crippen LogP contribution < -0.4 is 5.32 Å². The molecular weight excluding hydrogens is 298 g/mol. The summed E-state index contributed by atoms with van der Waals surface area (Å²) >= 11 is 11.7. The highest BCUT2D eigenvalue weighted by atomic mass is 35.5. The summed E-state index contributed by atoms with van der Waals surface area (Å²) in [5.41, 5.74) is 2.09. The lowest BCUT2D eigenvalue weighted by atomic mass is 10.0. The molecule has 21 heavy (non-hydrogen) atoms. The molecule has 3 aromatic carbocycles. The van der Waals surface area contributed by atoms with Crippen LogP contribution >= 0.6 is 23.8 Å². The summed E-state index contributed by atoms with van der Waals surface area (Å²) in [6.07, 6.45) is 0. The second-order valence-electron chi connectivity index (χ2n) is 4.80. The van der Waals surface area contributed by atoms with Gasteiger partial charge in [-0.05, 0) is 22.4 Å². The number of halogens is 1. The Kier molecular flexibility index (Phi) is 4.18. The number of nitrogens with one attached hydrogen (secondary N) is 1. The third kappa shape index (κ3) is 3.07. The lowest BCUT2D eigenvalue weighted by molar-refractivity contribution is 0.930. The average molecular weight is 312 g/mol. The minimum absolute atomic E-state index is 0.627. The summed E-state index contributed by atoms with van der Waals surface area (Å²) in [5, 5.41) is 6.41. The molecule has 0 aromatic heterocycles. The van der Waals surface area contributed by atoms with Crippen molar-refractivity contribution in [3.05, 3.63) is 82.9 Å². The van der Waals surface area contributed by atoms with Gasteiger partial charge in [0.25, 0.3) is 0 Å². The van der Waals surface area contributed by atoms with Gasteiger partial charge in [0.1, 0.15) is 4.99 Å². The van der Waals surface area contributed by atoms with Crippen molar-refractivity contribution in [2.45, 2.75) is 6.54 Å². The van der Waals surface area contributed by atoms with E-state index in [0.29, 0.717) is 6.54 Å². The summed E-state index contributed by atoms with van der Waals surface area (Å²) in [7, 11) is 0. The first-order chi connectivity index (χ1) is 10.3. The van der Waals surface area contributed by atoms with E-state index in [0.717, 1.165) is 26.5 Å². The van der Waals surface area contributed by atoms with Crippen molar-refractivity contribution in [3.63, 3.8) is 0 Å². The van der Waals surface area contributed by atoms with Crippen molar-refractivity contribution in [2.24, 2.45) is 0 Å². The van der Waals surface area contributed by atoms with Gasteiger partial charge in [0, 0.05) is 17.1 Å². The molecule has 104 valence electrons. The lowest BCUT2D eigenvalue weighted by Crippen LogP contribution is -2.22. The number of hydrogen-bond donors (Lipinski definition) is 1. The summed E-state index contributed by atoms with van der Waals surface area (Å²) in [6, 6.07) is 22.2. The molecule has 1 N–H and O–H groups in total. The van der Waals surface area contributed by atoms with Crippen LogP contribution in [0.25, 0.3) is 10.8 Å². The fourth-order valence-electron chi connectivity index (χ4n) is 2.34. The third-order valence-corrected chi connectivity index (χ3v) is 4.16. The van der Waals surface area contributed by atoms with Crippen LogP contribution in [0.15, 0.2) is 66.7 Å². The van der Waals surface area contributed by atoms with Crippen molar-refractivity contribution in [3.8, 4) is 0 Å². The van der Waals surface area contributed by atoms with E-state index in [4.69, 9.17) is 23.8 Å². The van der Waals surface area contributed by atoms with Gasteiger partial charge >= 0.3 is 0 Å². The second kappa shape index (κ2) is 6.25. The first-order valence-electron chi connectivity index (χ1n) is 6.75. The van der Waals surface area contributed by atoms with Crippen LogP contribution in [0, 0.1) is 0 Å². The van der Waals surface area contributed by atoms with Crippen LogP contribution in [0.5, 0.6) is 0 Å². The highest BCUT2D eigenvalue weighted by Gasteiger charge is 2.06. The van der Waals surface area contributed by atoms with Crippen LogP contribution in [-0.2, 0) is 6.54 Å². The van der Waals surface area contributed by atoms with Gasteiger partial charge in [0.15, 0.2) is 0 Å². The zero-order chi connectivity index (χ0) is 14.7. The molecule has 0 radical (unpaired) electrons. The quantitative estimate of drug-likeness (QED) is 0.686. The van der Waals surface area contributed by atoms with Crippen LogP contribution in [0.4, 0.5) is 0 Å². The Bertz CT molecular complexity index is 793. The monoisotopic (exact) mass is 311 g/mol. The fourth-order valence-corrected chi connectivity index (χ4v) is 2.79. The number of benzene rings is 3. The Morgan fingerprint density at radius 2 is 1.62 bits per heavy atom. The topological polar surface area (TPSA) is 12.0 Å².